The topological polar surface area (TPSA) is 44.1 Å². The zero-order valence-electron chi connectivity index (χ0n) is 10.8. The molecule has 1 unspecified atom stereocenters. The number of ketones is 1. The molecule has 1 heterocycles. The second-order valence-electron chi connectivity index (χ2n) is 4.15. The van der Waals surface area contributed by atoms with Gasteiger partial charge in [-0.2, -0.15) is 5.10 Å². The Hall–Kier alpha value is -0.680. The maximum atomic E-state index is 11.8. The Morgan fingerprint density at radius 2 is 2.24 bits per heavy atom. The Morgan fingerprint density at radius 1 is 1.59 bits per heavy atom. The number of aryl methyl sites for hydroxylation is 2. The molecule has 1 atom stereocenters. The fourth-order valence-electron chi connectivity index (χ4n) is 1.67. The van der Waals surface area contributed by atoms with E-state index in [1.165, 1.54) is 0 Å². The van der Waals surface area contributed by atoms with Gasteiger partial charge in [-0.25, -0.2) is 0 Å². The molecular formula is C12H19BrN2O2. The minimum atomic E-state index is -0.0276. The Kier molecular flexibility index (Phi) is 5.33. The van der Waals surface area contributed by atoms with E-state index in [2.05, 4.69) is 21.0 Å². The molecule has 1 aromatic rings. The lowest BCUT2D eigenvalue weighted by Crippen LogP contribution is -2.15. The highest BCUT2D eigenvalue weighted by Gasteiger charge is 2.17. The van der Waals surface area contributed by atoms with Crippen molar-refractivity contribution in [3.8, 4) is 0 Å². The van der Waals surface area contributed by atoms with Crippen LogP contribution in [0.25, 0.3) is 0 Å². The SMILES string of the molecule is CCc1nn(C)c(CC(=O)CC(C)OC)c1Br. The highest BCUT2D eigenvalue weighted by molar-refractivity contribution is 9.10. The molecule has 1 aromatic heterocycles. The van der Waals surface area contributed by atoms with Crippen LogP contribution in [0.3, 0.4) is 0 Å². The summed E-state index contributed by atoms with van der Waals surface area (Å²) in [5.41, 5.74) is 1.94. The van der Waals surface area contributed by atoms with Gasteiger partial charge < -0.3 is 4.74 Å². The quantitative estimate of drug-likeness (QED) is 0.810. The smallest absolute Gasteiger partial charge is 0.141 e. The predicted molar refractivity (Wildman–Crippen MR) is 70.1 cm³/mol. The third kappa shape index (κ3) is 3.64. The monoisotopic (exact) mass is 302 g/mol. The van der Waals surface area contributed by atoms with Crippen LogP contribution in [0.2, 0.25) is 0 Å². The Bertz CT molecular complexity index is 401. The average molecular weight is 303 g/mol. The highest BCUT2D eigenvalue weighted by atomic mass is 79.9. The van der Waals surface area contributed by atoms with E-state index in [0.29, 0.717) is 12.8 Å². The summed E-state index contributed by atoms with van der Waals surface area (Å²) in [6.45, 7) is 3.94. The first kappa shape index (κ1) is 14.4. The van der Waals surface area contributed by atoms with Crippen LogP contribution >= 0.6 is 15.9 Å². The summed E-state index contributed by atoms with van der Waals surface area (Å²) in [6, 6.07) is 0. The largest absolute Gasteiger partial charge is 0.381 e. The van der Waals surface area contributed by atoms with Gasteiger partial charge in [0.15, 0.2) is 0 Å². The second kappa shape index (κ2) is 6.31. The van der Waals surface area contributed by atoms with Gasteiger partial charge in [-0.1, -0.05) is 6.92 Å². The van der Waals surface area contributed by atoms with Crippen LogP contribution in [0.1, 0.15) is 31.7 Å². The van der Waals surface area contributed by atoms with E-state index >= 15 is 0 Å². The van der Waals surface area contributed by atoms with Crippen molar-refractivity contribution >= 4 is 21.7 Å². The third-order valence-corrected chi connectivity index (χ3v) is 3.70. The van der Waals surface area contributed by atoms with Crippen LogP contribution in [0.4, 0.5) is 0 Å². The lowest BCUT2D eigenvalue weighted by molar-refractivity contribution is -0.120. The molecule has 96 valence electrons. The van der Waals surface area contributed by atoms with E-state index < -0.39 is 0 Å². The summed E-state index contributed by atoms with van der Waals surface area (Å²) < 4.78 is 7.83. The van der Waals surface area contributed by atoms with E-state index in [-0.39, 0.29) is 11.9 Å². The first-order valence-corrected chi connectivity index (χ1v) is 6.53. The summed E-state index contributed by atoms with van der Waals surface area (Å²) in [4.78, 5) is 11.8. The lowest BCUT2D eigenvalue weighted by atomic mass is 10.1. The van der Waals surface area contributed by atoms with E-state index in [0.717, 1.165) is 22.3 Å². The van der Waals surface area contributed by atoms with Crippen LogP contribution in [-0.2, 0) is 29.4 Å². The van der Waals surface area contributed by atoms with Crippen molar-refractivity contribution in [2.45, 2.75) is 39.2 Å². The fourth-order valence-corrected chi connectivity index (χ4v) is 2.43. The van der Waals surface area contributed by atoms with Gasteiger partial charge in [0.2, 0.25) is 0 Å². The molecule has 0 aliphatic rings. The van der Waals surface area contributed by atoms with E-state index in [1.807, 2.05) is 20.9 Å². The number of methoxy groups -OCH3 is 1. The molecule has 0 amide bonds. The minimum absolute atomic E-state index is 0.0276. The minimum Gasteiger partial charge on any atom is -0.381 e. The first-order valence-electron chi connectivity index (χ1n) is 5.74. The molecule has 0 saturated carbocycles. The van der Waals surface area contributed by atoms with Gasteiger partial charge >= 0.3 is 0 Å². The molecule has 5 heteroatoms. The van der Waals surface area contributed by atoms with Crippen molar-refractivity contribution in [2.75, 3.05) is 7.11 Å². The molecule has 0 spiro atoms. The number of rotatable bonds is 6. The van der Waals surface area contributed by atoms with Crippen LogP contribution in [0.15, 0.2) is 4.47 Å². The van der Waals surface area contributed by atoms with Gasteiger partial charge in [-0.05, 0) is 29.3 Å². The highest BCUT2D eigenvalue weighted by Crippen LogP contribution is 2.22. The molecule has 17 heavy (non-hydrogen) atoms. The van der Waals surface area contributed by atoms with Crippen LogP contribution < -0.4 is 0 Å². The molecule has 0 aromatic carbocycles. The second-order valence-corrected chi connectivity index (χ2v) is 4.94. The van der Waals surface area contributed by atoms with Gasteiger partial charge in [-0.15, -0.1) is 0 Å². The molecule has 0 fully saturated rings. The predicted octanol–water partition coefficient (Wildman–Crippen LogP) is 2.28. The molecule has 0 radical (unpaired) electrons. The van der Waals surface area contributed by atoms with Crippen molar-refractivity contribution in [1.82, 2.24) is 9.78 Å². The number of hydrogen-bond donors (Lipinski definition) is 0. The summed E-state index contributed by atoms with van der Waals surface area (Å²) in [5, 5.41) is 4.37. The van der Waals surface area contributed by atoms with Gasteiger partial charge in [0.25, 0.3) is 0 Å². The average Bonchev–Trinajstić information content (AvgIpc) is 2.56. The molecule has 0 bridgehead atoms. The number of carbonyl (C=O) groups excluding carboxylic acids is 1. The number of aromatic nitrogens is 2. The van der Waals surface area contributed by atoms with Crippen molar-refractivity contribution in [3.05, 3.63) is 15.9 Å². The molecule has 4 nitrogen and oxygen atoms in total. The molecule has 1 rings (SSSR count). The van der Waals surface area contributed by atoms with Gasteiger partial charge in [0.1, 0.15) is 5.78 Å². The Labute approximate surface area is 110 Å². The maximum Gasteiger partial charge on any atom is 0.141 e. The van der Waals surface area contributed by atoms with Gasteiger partial charge in [0, 0.05) is 27.0 Å². The summed E-state index contributed by atoms with van der Waals surface area (Å²) in [7, 11) is 3.49. The number of ether oxygens (including phenoxy) is 1. The first-order chi connectivity index (χ1) is 7.99. The number of Topliss-reactive ketones (excluding diaryl/α,β-unsaturated/α-hetero) is 1. The molecule has 0 N–H and O–H groups in total. The third-order valence-electron chi connectivity index (χ3n) is 2.79. The summed E-state index contributed by atoms with van der Waals surface area (Å²) in [6.07, 6.45) is 1.67. The number of nitrogens with zero attached hydrogens (tertiary/aromatic N) is 2. The van der Waals surface area contributed by atoms with Crippen LogP contribution in [0, 0.1) is 0 Å². The van der Waals surface area contributed by atoms with Crippen molar-refractivity contribution in [2.24, 2.45) is 7.05 Å². The zero-order valence-corrected chi connectivity index (χ0v) is 12.4. The lowest BCUT2D eigenvalue weighted by Gasteiger charge is -2.08. The maximum absolute atomic E-state index is 11.8. The van der Waals surface area contributed by atoms with Crippen molar-refractivity contribution in [1.29, 1.82) is 0 Å². The zero-order chi connectivity index (χ0) is 13.0. The fraction of sp³-hybridized carbons (Fsp3) is 0.667. The van der Waals surface area contributed by atoms with Gasteiger partial charge in [0.05, 0.1) is 22.0 Å². The summed E-state index contributed by atoms with van der Waals surface area (Å²) >= 11 is 3.51. The number of carbonyl (C=O) groups is 1. The Morgan fingerprint density at radius 3 is 2.71 bits per heavy atom. The van der Waals surface area contributed by atoms with Crippen molar-refractivity contribution < 1.29 is 9.53 Å². The molecule has 0 aliphatic carbocycles. The van der Waals surface area contributed by atoms with Crippen LogP contribution in [0.5, 0.6) is 0 Å². The standard InChI is InChI=1S/C12H19BrN2O2/c1-5-10-12(13)11(15(3)14-10)7-9(16)6-8(2)17-4/h8H,5-7H2,1-4H3. The van der Waals surface area contributed by atoms with Gasteiger partial charge in [-0.3, -0.25) is 9.48 Å². The van der Waals surface area contributed by atoms with Crippen molar-refractivity contribution in [3.63, 3.8) is 0 Å². The summed E-state index contributed by atoms with van der Waals surface area (Å²) in [5.74, 6) is 0.172. The van der Waals surface area contributed by atoms with Crippen LogP contribution in [-0.4, -0.2) is 28.8 Å². The van der Waals surface area contributed by atoms with E-state index in [1.54, 1.807) is 11.8 Å². The molecule has 0 saturated heterocycles. The molecular weight excluding hydrogens is 284 g/mol. The molecule has 0 aliphatic heterocycles. The Balaban J connectivity index is 2.74. The van der Waals surface area contributed by atoms with E-state index in [9.17, 15) is 4.79 Å². The van der Waals surface area contributed by atoms with E-state index in [4.69, 9.17) is 4.74 Å². The normalized spacial score (nSPS) is 12.8. The number of halogens is 1. The number of hydrogen-bond acceptors (Lipinski definition) is 3.